The lowest BCUT2D eigenvalue weighted by atomic mass is 9.84. The zero-order valence-electron chi connectivity index (χ0n) is 36.2. The highest BCUT2D eigenvalue weighted by Crippen LogP contribution is 2.47. The topological polar surface area (TPSA) is 0 Å². The third kappa shape index (κ3) is 6.22. The molecule has 0 heteroatoms. The van der Waals surface area contributed by atoms with Crippen molar-refractivity contribution in [3.63, 3.8) is 0 Å². The van der Waals surface area contributed by atoms with Gasteiger partial charge in [-0.2, -0.15) is 0 Å². The van der Waals surface area contributed by atoms with Crippen molar-refractivity contribution in [1.29, 1.82) is 0 Å². The third-order valence-electron chi connectivity index (χ3n) is 13.8. The molecule has 0 saturated heterocycles. The van der Waals surface area contributed by atoms with Crippen LogP contribution in [0, 0.1) is 0 Å². The molecule has 0 saturated carbocycles. The molecular formula is C66H42. The minimum Gasteiger partial charge on any atom is -0.0622 e. The molecule has 0 radical (unpaired) electrons. The van der Waals surface area contributed by atoms with Gasteiger partial charge in [-0.1, -0.05) is 243 Å². The Labute approximate surface area is 384 Å². The van der Waals surface area contributed by atoms with Crippen molar-refractivity contribution in [2.75, 3.05) is 0 Å². The SMILES string of the molecule is c1ccc(-c2ccc(-c3c4ccccc4c(-c4ccc5ccc6ccc(-c7c8ccccc8c(-c8ccc(-c9ccccc9)cc8)c8ccccc78)cc6c5c4)c4ccccc34)cc2)cc1. The maximum atomic E-state index is 2.45. The molecule has 0 heterocycles. The van der Waals surface area contributed by atoms with E-state index in [1.165, 1.54) is 131 Å². The minimum atomic E-state index is 1.22. The number of benzene rings is 13. The maximum Gasteiger partial charge on any atom is -0.00261 e. The van der Waals surface area contributed by atoms with Crippen LogP contribution in [0.1, 0.15) is 0 Å². The molecule has 0 fully saturated rings. The Balaban J connectivity index is 0.987. The van der Waals surface area contributed by atoms with Crippen LogP contribution >= 0.6 is 0 Å². The molecule has 0 amide bonds. The molecule has 13 aromatic carbocycles. The molecule has 0 unspecified atom stereocenters. The van der Waals surface area contributed by atoms with Gasteiger partial charge in [0.05, 0.1) is 0 Å². The van der Waals surface area contributed by atoms with Crippen LogP contribution in [0.15, 0.2) is 255 Å². The summed E-state index contributed by atoms with van der Waals surface area (Å²) in [6.45, 7) is 0. The van der Waals surface area contributed by atoms with Gasteiger partial charge in [0.1, 0.15) is 0 Å². The van der Waals surface area contributed by atoms with E-state index in [1.807, 2.05) is 0 Å². The van der Waals surface area contributed by atoms with E-state index in [2.05, 4.69) is 255 Å². The molecule has 0 spiro atoms. The lowest BCUT2D eigenvalue weighted by molar-refractivity contribution is 1.61. The second-order valence-corrected chi connectivity index (χ2v) is 17.5. The first-order chi connectivity index (χ1) is 32.7. The summed E-state index contributed by atoms with van der Waals surface area (Å²) >= 11 is 0. The third-order valence-corrected chi connectivity index (χ3v) is 13.8. The summed E-state index contributed by atoms with van der Waals surface area (Å²) in [4.78, 5) is 0. The molecule has 0 aliphatic heterocycles. The number of hydrogen-bond donors (Lipinski definition) is 0. The van der Waals surface area contributed by atoms with E-state index >= 15 is 0 Å². The van der Waals surface area contributed by atoms with E-state index in [9.17, 15) is 0 Å². The number of hydrogen-bond acceptors (Lipinski definition) is 0. The molecule has 0 N–H and O–H groups in total. The molecule has 0 aliphatic rings. The van der Waals surface area contributed by atoms with E-state index in [4.69, 9.17) is 0 Å². The van der Waals surface area contributed by atoms with Gasteiger partial charge >= 0.3 is 0 Å². The second kappa shape index (κ2) is 15.6. The average Bonchev–Trinajstić information content (AvgIpc) is 3.39. The average molecular weight is 835 g/mol. The summed E-state index contributed by atoms with van der Waals surface area (Å²) in [6, 6.07) is 94.1. The van der Waals surface area contributed by atoms with Crippen LogP contribution < -0.4 is 0 Å². The van der Waals surface area contributed by atoms with Crippen molar-refractivity contribution in [1.82, 2.24) is 0 Å². The monoisotopic (exact) mass is 834 g/mol. The summed E-state index contributed by atoms with van der Waals surface area (Å²) in [5.74, 6) is 0. The molecule has 0 aromatic heterocycles. The fourth-order valence-electron chi connectivity index (χ4n) is 10.8. The molecule has 13 rings (SSSR count). The van der Waals surface area contributed by atoms with E-state index in [-0.39, 0.29) is 0 Å². The summed E-state index contributed by atoms with van der Waals surface area (Å²) in [5, 5.41) is 15.0. The van der Waals surface area contributed by atoms with Gasteiger partial charge in [0.25, 0.3) is 0 Å². The predicted octanol–water partition coefficient (Wildman–Crippen LogP) is 18.6. The van der Waals surface area contributed by atoms with Crippen molar-refractivity contribution in [2.45, 2.75) is 0 Å². The maximum absolute atomic E-state index is 2.45. The van der Waals surface area contributed by atoms with Crippen LogP contribution in [0.4, 0.5) is 0 Å². The van der Waals surface area contributed by atoms with E-state index in [0.29, 0.717) is 0 Å². The quantitative estimate of drug-likeness (QED) is 0.116. The molecule has 0 nitrogen and oxygen atoms in total. The first-order valence-electron chi connectivity index (χ1n) is 22.9. The largest absolute Gasteiger partial charge is 0.0622 e. The van der Waals surface area contributed by atoms with Crippen molar-refractivity contribution < 1.29 is 0 Å². The van der Waals surface area contributed by atoms with Crippen molar-refractivity contribution in [2.24, 2.45) is 0 Å². The highest BCUT2D eigenvalue weighted by atomic mass is 14.2. The van der Waals surface area contributed by atoms with Crippen LogP contribution in [0.25, 0.3) is 131 Å². The van der Waals surface area contributed by atoms with Crippen LogP contribution in [0.2, 0.25) is 0 Å². The highest BCUT2D eigenvalue weighted by Gasteiger charge is 2.20. The predicted molar refractivity (Wildman–Crippen MR) is 284 cm³/mol. The summed E-state index contributed by atoms with van der Waals surface area (Å²) in [7, 11) is 0. The first kappa shape index (κ1) is 37.9. The molecular weight excluding hydrogens is 793 g/mol. The zero-order chi connectivity index (χ0) is 43.6. The van der Waals surface area contributed by atoms with Gasteiger partial charge < -0.3 is 0 Å². The van der Waals surface area contributed by atoms with E-state index in [1.54, 1.807) is 0 Å². The molecule has 0 aliphatic carbocycles. The summed E-state index contributed by atoms with van der Waals surface area (Å²) in [5.41, 5.74) is 14.9. The molecule has 66 heavy (non-hydrogen) atoms. The van der Waals surface area contributed by atoms with Crippen LogP contribution in [-0.2, 0) is 0 Å². The Kier molecular flexibility index (Phi) is 8.96. The zero-order valence-corrected chi connectivity index (χ0v) is 36.2. The van der Waals surface area contributed by atoms with Crippen molar-refractivity contribution >= 4 is 64.6 Å². The highest BCUT2D eigenvalue weighted by molar-refractivity contribution is 6.24. The molecule has 0 bridgehead atoms. The summed E-state index contributed by atoms with van der Waals surface area (Å²) < 4.78 is 0. The van der Waals surface area contributed by atoms with Crippen LogP contribution in [-0.4, -0.2) is 0 Å². The van der Waals surface area contributed by atoms with Crippen LogP contribution in [0.3, 0.4) is 0 Å². The van der Waals surface area contributed by atoms with E-state index < -0.39 is 0 Å². The second-order valence-electron chi connectivity index (χ2n) is 17.5. The Bertz CT molecular complexity index is 3610. The van der Waals surface area contributed by atoms with E-state index in [0.717, 1.165) is 0 Å². The number of rotatable bonds is 6. The van der Waals surface area contributed by atoms with Gasteiger partial charge in [-0.05, 0) is 144 Å². The minimum absolute atomic E-state index is 1.22. The van der Waals surface area contributed by atoms with Crippen LogP contribution in [0.5, 0.6) is 0 Å². The fraction of sp³-hybridized carbons (Fsp3) is 0. The lowest BCUT2D eigenvalue weighted by Gasteiger charge is -2.19. The fourth-order valence-corrected chi connectivity index (χ4v) is 10.8. The first-order valence-corrected chi connectivity index (χ1v) is 22.9. The van der Waals surface area contributed by atoms with Gasteiger partial charge in [0.15, 0.2) is 0 Å². The van der Waals surface area contributed by atoms with Gasteiger partial charge in [-0.15, -0.1) is 0 Å². The Morgan fingerprint density at radius 3 is 0.652 bits per heavy atom. The smallest absolute Gasteiger partial charge is 0.00261 e. The van der Waals surface area contributed by atoms with Gasteiger partial charge in [0.2, 0.25) is 0 Å². The lowest BCUT2D eigenvalue weighted by Crippen LogP contribution is -1.92. The standard InChI is InChI=1S/C66H42/c1-3-15-43(16-4-1)45-27-35-49(36-28-45)63-53-19-7-11-23-57(53)65(58-24-12-8-20-54(58)63)51-39-33-47-31-32-48-34-40-52(42-62(48)61(47)41-51)66-59-25-13-9-21-55(59)64(56-22-10-14-26-60(56)66)50-37-29-46(30-38-50)44-17-5-2-6-18-44/h1-42H. The van der Waals surface area contributed by atoms with Gasteiger partial charge in [0, 0.05) is 0 Å². The van der Waals surface area contributed by atoms with Gasteiger partial charge in [-0.25, -0.2) is 0 Å². The Morgan fingerprint density at radius 2 is 0.348 bits per heavy atom. The molecule has 13 aromatic rings. The summed E-state index contributed by atoms with van der Waals surface area (Å²) in [6.07, 6.45) is 0. The molecule has 0 atom stereocenters. The van der Waals surface area contributed by atoms with Crippen molar-refractivity contribution in [3.8, 4) is 66.8 Å². The Hall–Kier alpha value is -8.58. The van der Waals surface area contributed by atoms with Crippen molar-refractivity contribution in [3.05, 3.63) is 255 Å². The normalized spacial score (nSPS) is 11.6. The molecule has 306 valence electrons. The number of fused-ring (bicyclic) bond motifs is 7. The van der Waals surface area contributed by atoms with Gasteiger partial charge in [-0.3, -0.25) is 0 Å². The Morgan fingerprint density at radius 1 is 0.136 bits per heavy atom.